The molecule has 4 atom stereocenters. The van der Waals surface area contributed by atoms with Crippen LogP contribution in [0.2, 0.25) is 0 Å². The molecule has 0 heterocycles. The molecule has 10 nitrogen and oxygen atoms in total. The van der Waals surface area contributed by atoms with E-state index >= 15 is 0 Å². The van der Waals surface area contributed by atoms with Gasteiger partial charge in [-0.05, 0) is 83.6 Å². The maximum Gasteiger partial charge on any atom is 0.309 e. The van der Waals surface area contributed by atoms with Crippen LogP contribution in [0.1, 0.15) is 81.6 Å². The SMILES string of the molecule is COc1cc(C#N)c(O[C@H]2CC[C@@](C)(C(=O)O)CC2)cc1C(=O)N[C@@H]1[C@H]2CC[C@H](C2)[C@@H]1C(=O)NCC(C)(C)OC. The summed E-state index contributed by atoms with van der Waals surface area (Å²) in [7, 11) is 3.05. The molecule has 40 heavy (non-hydrogen) atoms. The molecule has 3 N–H and O–H groups in total. The molecule has 0 aromatic heterocycles. The molecule has 3 aliphatic rings. The van der Waals surface area contributed by atoms with Crippen LogP contribution in [-0.2, 0) is 14.3 Å². The van der Waals surface area contributed by atoms with Crippen LogP contribution in [0.15, 0.2) is 12.1 Å². The quantitative estimate of drug-likeness (QED) is 0.396. The normalized spacial score (nSPS) is 29.4. The zero-order valence-electron chi connectivity index (χ0n) is 24.0. The first kappa shape index (κ1) is 29.7. The summed E-state index contributed by atoms with van der Waals surface area (Å²) >= 11 is 0. The van der Waals surface area contributed by atoms with Gasteiger partial charge in [-0.2, -0.15) is 5.26 Å². The first-order valence-electron chi connectivity index (χ1n) is 14.1. The number of carbonyl (C=O) groups is 3. The number of hydrogen-bond acceptors (Lipinski definition) is 7. The molecule has 3 aliphatic carbocycles. The van der Waals surface area contributed by atoms with Gasteiger partial charge >= 0.3 is 5.97 Å². The lowest BCUT2D eigenvalue weighted by atomic mass is 9.75. The van der Waals surface area contributed by atoms with Gasteiger partial charge in [0.2, 0.25) is 5.91 Å². The van der Waals surface area contributed by atoms with Gasteiger partial charge in [0.05, 0.1) is 41.3 Å². The van der Waals surface area contributed by atoms with Crippen molar-refractivity contribution >= 4 is 17.8 Å². The highest BCUT2D eigenvalue weighted by molar-refractivity contribution is 5.98. The summed E-state index contributed by atoms with van der Waals surface area (Å²) in [5.74, 6) is -0.680. The number of carboxylic acids is 1. The van der Waals surface area contributed by atoms with E-state index in [-0.39, 0.29) is 64.3 Å². The van der Waals surface area contributed by atoms with E-state index < -0.39 is 17.0 Å². The number of hydrogen-bond donors (Lipinski definition) is 3. The number of carboxylic acid groups (broad SMARTS) is 1. The summed E-state index contributed by atoms with van der Waals surface area (Å²) in [6, 6.07) is 4.82. The summed E-state index contributed by atoms with van der Waals surface area (Å²) in [4.78, 5) is 38.5. The van der Waals surface area contributed by atoms with Crippen molar-refractivity contribution in [3.63, 3.8) is 0 Å². The summed E-state index contributed by atoms with van der Waals surface area (Å²) in [6.07, 6.45) is 4.54. The number of aliphatic carboxylic acids is 1. The Bertz CT molecular complexity index is 1180. The van der Waals surface area contributed by atoms with Crippen molar-refractivity contribution in [2.45, 2.75) is 83.5 Å². The Hall–Kier alpha value is -3.32. The summed E-state index contributed by atoms with van der Waals surface area (Å²) in [5, 5.41) is 25.4. The van der Waals surface area contributed by atoms with Crippen molar-refractivity contribution in [3.05, 3.63) is 23.3 Å². The van der Waals surface area contributed by atoms with Crippen LogP contribution >= 0.6 is 0 Å². The predicted octanol–water partition coefficient (Wildman–Crippen LogP) is 3.66. The van der Waals surface area contributed by atoms with Crippen LogP contribution in [0.5, 0.6) is 11.5 Å². The molecular weight excluding hydrogens is 514 g/mol. The monoisotopic (exact) mass is 555 g/mol. The van der Waals surface area contributed by atoms with E-state index in [2.05, 4.69) is 16.7 Å². The number of carbonyl (C=O) groups excluding carboxylic acids is 2. The smallest absolute Gasteiger partial charge is 0.309 e. The number of rotatable bonds is 10. The van der Waals surface area contributed by atoms with Crippen LogP contribution in [0.3, 0.4) is 0 Å². The van der Waals surface area contributed by atoms with E-state index in [1.807, 2.05) is 13.8 Å². The summed E-state index contributed by atoms with van der Waals surface area (Å²) in [5.41, 5.74) is -0.822. The first-order valence-corrected chi connectivity index (χ1v) is 14.1. The van der Waals surface area contributed by atoms with Crippen molar-refractivity contribution in [2.75, 3.05) is 20.8 Å². The summed E-state index contributed by atoms with van der Waals surface area (Å²) < 4.78 is 17.1. The second kappa shape index (κ2) is 11.7. The minimum atomic E-state index is -0.818. The highest BCUT2D eigenvalue weighted by atomic mass is 16.5. The van der Waals surface area contributed by atoms with E-state index in [1.165, 1.54) is 19.2 Å². The highest BCUT2D eigenvalue weighted by Gasteiger charge is 2.51. The second-order valence-corrected chi connectivity index (χ2v) is 12.4. The number of nitriles is 1. The Balaban J connectivity index is 1.51. The van der Waals surface area contributed by atoms with Gasteiger partial charge < -0.3 is 30.0 Å². The molecule has 0 spiro atoms. The minimum Gasteiger partial charge on any atom is -0.496 e. The Kier molecular flexibility index (Phi) is 8.64. The van der Waals surface area contributed by atoms with E-state index in [0.29, 0.717) is 32.2 Å². The number of nitrogens with zero attached hydrogens (tertiary/aromatic N) is 1. The second-order valence-electron chi connectivity index (χ2n) is 12.4. The molecule has 10 heteroatoms. The van der Waals surface area contributed by atoms with Gasteiger partial charge in [-0.15, -0.1) is 0 Å². The first-order chi connectivity index (χ1) is 18.9. The number of ether oxygens (including phenoxy) is 3. The number of fused-ring (bicyclic) bond motifs is 2. The van der Waals surface area contributed by atoms with Crippen LogP contribution in [-0.4, -0.2) is 61.4 Å². The molecular formula is C30H41N3O7. The third-order valence-corrected chi connectivity index (χ3v) is 9.27. The van der Waals surface area contributed by atoms with Gasteiger partial charge in [0.1, 0.15) is 17.6 Å². The Morgan fingerprint density at radius 3 is 2.38 bits per heavy atom. The van der Waals surface area contributed by atoms with Crippen molar-refractivity contribution < 1.29 is 33.7 Å². The molecule has 2 bridgehead atoms. The third-order valence-electron chi connectivity index (χ3n) is 9.27. The van der Waals surface area contributed by atoms with Crippen molar-refractivity contribution in [1.29, 1.82) is 5.26 Å². The number of benzene rings is 1. The lowest BCUT2D eigenvalue weighted by Gasteiger charge is -2.34. The van der Waals surface area contributed by atoms with Crippen molar-refractivity contribution in [3.8, 4) is 17.6 Å². The number of nitrogens with one attached hydrogen (secondary N) is 2. The zero-order chi connectivity index (χ0) is 29.2. The van der Waals surface area contributed by atoms with Crippen molar-refractivity contribution in [2.24, 2.45) is 23.2 Å². The molecule has 3 saturated carbocycles. The van der Waals surface area contributed by atoms with E-state index in [4.69, 9.17) is 14.2 Å². The van der Waals surface area contributed by atoms with Gasteiger partial charge in [0, 0.05) is 25.8 Å². The minimum absolute atomic E-state index is 0.0795. The van der Waals surface area contributed by atoms with Crippen LogP contribution in [0, 0.1) is 34.5 Å². The highest BCUT2D eigenvalue weighted by Crippen LogP contribution is 2.49. The van der Waals surface area contributed by atoms with Gasteiger partial charge in [-0.1, -0.05) is 0 Å². The largest absolute Gasteiger partial charge is 0.496 e. The number of methoxy groups -OCH3 is 2. The van der Waals surface area contributed by atoms with Gasteiger partial charge in [-0.25, -0.2) is 0 Å². The van der Waals surface area contributed by atoms with Crippen LogP contribution < -0.4 is 20.1 Å². The molecule has 0 radical (unpaired) electrons. The maximum absolute atomic E-state index is 13.6. The third kappa shape index (κ3) is 6.04. The lowest BCUT2D eigenvalue weighted by molar-refractivity contribution is -0.150. The summed E-state index contributed by atoms with van der Waals surface area (Å²) in [6.45, 7) is 5.92. The molecule has 2 amide bonds. The molecule has 1 aromatic carbocycles. The van der Waals surface area contributed by atoms with Crippen LogP contribution in [0.4, 0.5) is 0 Å². The fraction of sp³-hybridized carbons (Fsp3) is 0.667. The molecule has 1 aromatic rings. The average molecular weight is 556 g/mol. The average Bonchev–Trinajstić information content (AvgIpc) is 3.55. The molecule has 0 saturated heterocycles. The molecule has 0 unspecified atom stereocenters. The maximum atomic E-state index is 13.6. The van der Waals surface area contributed by atoms with E-state index in [0.717, 1.165) is 19.3 Å². The van der Waals surface area contributed by atoms with Gasteiger partial charge in [0.25, 0.3) is 5.91 Å². The predicted molar refractivity (Wildman–Crippen MR) is 146 cm³/mol. The fourth-order valence-corrected chi connectivity index (χ4v) is 6.43. The Morgan fingerprint density at radius 1 is 1.10 bits per heavy atom. The number of amides is 2. The molecule has 0 aliphatic heterocycles. The Morgan fingerprint density at radius 2 is 1.77 bits per heavy atom. The van der Waals surface area contributed by atoms with Gasteiger partial charge in [-0.3, -0.25) is 14.4 Å². The van der Waals surface area contributed by atoms with E-state index in [9.17, 15) is 24.8 Å². The molecule has 3 fully saturated rings. The standard InChI is InChI=1S/C30H41N3O7/c1-29(2,39-5)16-32-27(35)24-17-6-7-18(12-17)25(24)33-26(34)21-14-22(19(15-31)13-23(21)38-4)40-20-8-10-30(3,11-9-20)28(36)37/h13-14,17-18,20,24-25H,6-12,16H2,1-5H3,(H,32,35)(H,33,34)(H,36,37)/t17-,18+,20-,24+,25-,30+/m1/s1. The lowest BCUT2D eigenvalue weighted by Crippen LogP contribution is -2.51. The molecule has 218 valence electrons. The molecule has 4 rings (SSSR count). The van der Waals surface area contributed by atoms with Crippen LogP contribution in [0.25, 0.3) is 0 Å². The zero-order valence-corrected chi connectivity index (χ0v) is 24.0. The Labute approximate surface area is 235 Å². The van der Waals surface area contributed by atoms with Crippen molar-refractivity contribution in [1.82, 2.24) is 10.6 Å². The topological polar surface area (TPSA) is 147 Å². The van der Waals surface area contributed by atoms with E-state index in [1.54, 1.807) is 14.0 Å². The fourth-order valence-electron chi connectivity index (χ4n) is 6.43. The van der Waals surface area contributed by atoms with Gasteiger partial charge in [0.15, 0.2) is 0 Å².